The number of ether oxygens (including phenoxy) is 1. The zero-order valence-electron chi connectivity index (χ0n) is 14.6. The summed E-state index contributed by atoms with van der Waals surface area (Å²) in [7, 11) is 0. The first-order valence-electron chi connectivity index (χ1n) is 7.79. The molecule has 25 heavy (non-hydrogen) atoms. The van der Waals surface area contributed by atoms with Gasteiger partial charge in [0.25, 0.3) is 5.91 Å². The van der Waals surface area contributed by atoms with Crippen molar-refractivity contribution in [2.45, 2.75) is 33.1 Å². The van der Waals surface area contributed by atoms with Gasteiger partial charge in [0, 0.05) is 6.07 Å². The smallest absolute Gasteiger partial charge is 0.262 e. The lowest BCUT2D eigenvalue weighted by Gasteiger charge is -2.23. The van der Waals surface area contributed by atoms with E-state index in [1.54, 1.807) is 0 Å². The number of hydrogen-bond acceptors (Lipinski definition) is 3. The number of aryl methyl sites for hydroxylation is 1. The number of aromatic hydroxyl groups is 1. The first-order chi connectivity index (χ1) is 11.6. The second-order valence-corrected chi connectivity index (χ2v) is 7.28. The second-order valence-electron chi connectivity index (χ2n) is 6.87. The summed E-state index contributed by atoms with van der Waals surface area (Å²) in [5.74, 6) is -1.08. The van der Waals surface area contributed by atoms with E-state index >= 15 is 0 Å². The lowest BCUT2D eigenvalue weighted by Crippen LogP contribution is -2.22. The van der Waals surface area contributed by atoms with E-state index < -0.39 is 11.7 Å². The van der Waals surface area contributed by atoms with Crippen molar-refractivity contribution in [1.82, 2.24) is 0 Å². The van der Waals surface area contributed by atoms with Crippen molar-refractivity contribution in [2.24, 2.45) is 0 Å². The van der Waals surface area contributed by atoms with Crippen LogP contribution in [-0.4, -0.2) is 17.6 Å². The van der Waals surface area contributed by atoms with E-state index in [1.165, 1.54) is 0 Å². The van der Waals surface area contributed by atoms with Gasteiger partial charge in [-0.2, -0.15) is 0 Å². The number of amides is 1. The van der Waals surface area contributed by atoms with E-state index in [0.29, 0.717) is 5.75 Å². The van der Waals surface area contributed by atoms with Gasteiger partial charge in [-0.1, -0.05) is 50.1 Å². The van der Waals surface area contributed by atoms with Crippen LogP contribution < -0.4 is 10.1 Å². The summed E-state index contributed by atoms with van der Waals surface area (Å²) in [6, 6.07) is 7.74. The highest BCUT2D eigenvalue weighted by Crippen LogP contribution is 2.32. The molecular weight excluding hydrogens is 345 g/mol. The first kappa shape index (κ1) is 19.1. The first-order valence-corrected chi connectivity index (χ1v) is 8.17. The standard InChI is InChI=1S/C19H21ClFNO3/c1-11-5-6-17(12(7-11)19(2,3)4)25-10-18(24)22-15-8-13(20)16(23)9-14(15)21/h5-9,23H,10H2,1-4H3,(H,22,24). The summed E-state index contributed by atoms with van der Waals surface area (Å²) < 4.78 is 19.4. The zero-order valence-corrected chi connectivity index (χ0v) is 15.4. The van der Waals surface area contributed by atoms with Gasteiger partial charge in [-0.25, -0.2) is 4.39 Å². The molecule has 0 unspecified atom stereocenters. The molecule has 4 nitrogen and oxygen atoms in total. The number of halogens is 2. The third-order valence-electron chi connectivity index (χ3n) is 3.61. The molecule has 0 aromatic heterocycles. The van der Waals surface area contributed by atoms with Crippen LogP contribution in [0.3, 0.4) is 0 Å². The molecule has 0 atom stereocenters. The van der Waals surface area contributed by atoms with Gasteiger partial charge in [0.1, 0.15) is 17.3 Å². The molecule has 0 aliphatic rings. The molecule has 134 valence electrons. The fourth-order valence-electron chi connectivity index (χ4n) is 2.32. The summed E-state index contributed by atoms with van der Waals surface area (Å²) in [5.41, 5.74) is 1.83. The predicted octanol–water partition coefficient (Wildman–Crippen LogP) is 4.81. The Labute approximate surface area is 151 Å². The summed E-state index contributed by atoms with van der Waals surface area (Å²) in [6.45, 7) is 7.89. The molecule has 0 heterocycles. The Morgan fingerprint density at radius 1 is 1.28 bits per heavy atom. The van der Waals surface area contributed by atoms with Gasteiger partial charge in [-0.3, -0.25) is 4.79 Å². The summed E-state index contributed by atoms with van der Waals surface area (Å²) in [4.78, 5) is 12.1. The van der Waals surface area contributed by atoms with E-state index in [0.717, 1.165) is 23.3 Å². The molecule has 2 aromatic rings. The van der Waals surface area contributed by atoms with Crippen molar-refractivity contribution in [3.63, 3.8) is 0 Å². The Kier molecular flexibility index (Phi) is 5.58. The molecular formula is C19H21ClFNO3. The van der Waals surface area contributed by atoms with Gasteiger partial charge < -0.3 is 15.2 Å². The fourth-order valence-corrected chi connectivity index (χ4v) is 2.48. The minimum atomic E-state index is -0.777. The normalized spacial score (nSPS) is 11.3. The molecule has 0 fully saturated rings. The molecule has 0 radical (unpaired) electrons. The van der Waals surface area contributed by atoms with Crippen molar-refractivity contribution in [1.29, 1.82) is 0 Å². The number of anilines is 1. The number of carbonyl (C=O) groups is 1. The lowest BCUT2D eigenvalue weighted by molar-refractivity contribution is -0.118. The number of benzene rings is 2. The topological polar surface area (TPSA) is 58.6 Å². The molecule has 2 N–H and O–H groups in total. The lowest BCUT2D eigenvalue weighted by atomic mass is 9.85. The van der Waals surface area contributed by atoms with E-state index in [4.69, 9.17) is 16.3 Å². The number of nitrogens with one attached hydrogen (secondary N) is 1. The van der Waals surface area contributed by atoms with Crippen LogP contribution in [0.1, 0.15) is 31.9 Å². The quantitative estimate of drug-likeness (QED) is 0.764. The molecule has 0 saturated heterocycles. The average molecular weight is 366 g/mol. The van der Waals surface area contributed by atoms with Crippen LogP contribution in [0.2, 0.25) is 5.02 Å². The van der Waals surface area contributed by atoms with Crippen molar-refractivity contribution in [3.8, 4) is 11.5 Å². The molecule has 0 aliphatic heterocycles. The largest absolute Gasteiger partial charge is 0.506 e. The van der Waals surface area contributed by atoms with Crippen LogP contribution in [-0.2, 0) is 10.2 Å². The van der Waals surface area contributed by atoms with Crippen molar-refractivity contribution >= 4 is 23.2 Å². The molecule has 1 amide bonds. The fraction of sp³-hybridized carbons (Fsp3) is 0.316. The van der Waals surface area contributed by atoms with Crippen molar-refractivity contribution in [2.75, 3.05) is 11.9 Å². The molecule has 0 aliphatic carbocycles. The van der Waals surface area contributed by atoms with Crippen LogP contribution in [0.4, 0.5) is 10.1 Å². The maximum Gasteiger partial charge on any atom is 0.262 e. The van der Waals surface area contributed by atoms with E-state index in [2.05, 4.69) is 26.1 Å². The Morgan fingerprint density at radius 3 is 2.60 bits per heavy atom. The van der Waals surface area contributed by atoms with Crippen LogP contribution in [0, 0.1) is 12.7 Å². The van der Waals surface area contributed by atoms with Gasteiger partial charge in [0.15, 0.2) is 6.61 Å². The Morgan fingerprint density at radius 2 is 1.96 bits per heavy atom. The highest BCUT2D eigenvalue weighted by Gasteiger charge is 2.20. The van der Waals surface area contributed by atoms with Crippen LogP contribution >= 0.6 is 11.6 Å². The number of phenols is 1. The molecule has 0 spiro atoms. The van der Waals surface area contributed by atoms with Crippen molar-refractivity contribution < 1.29 is 19.0 Å². The van der Waals surface area contributed by atoms with Gasteiger partial charge in [-0.15, -0.1) is 0 Å². The number of carbonyl (C=O) groups excluding carboxylic acids is 1. The molecule has 0 saturated carbocycles. The highest BCUT2D eigenvalue weighted by molar-refractivity contribution is 6.32. The monoisotopic (exact) mass is 365 g/mol. The minimum absolute atomic E-state index is 0.0498. The number of hydrogen-bond donors (Lipinski definition) is 2. The number of rotatable bonds is 4. The predicted molar refractivity (Wildman–Crippen MR) is 97.1 cm³/mol. The van der Waals surface area contributed by atoms with Gasteiger partial charge >= 0.3 is 0 Å². The molecule has 6 heteroatoms. The summed E-state index contributed by atoms with van der Waals surface area (Å²) in [6.07, 6.45) is 0. The molecule has 2 aromatic carbocycles. The minimum Gasteiger partial charge on any atom is -0.506 e. The van der Waals surface area contributed by atoms with E-state index in [1.807, 2.05) is 25.1 Å². The summed E-state index contributed by atoms with van der Waals surface area (Å²) >= 11 is 5.73. The SMILES string of the molecule is Cc1ccc(OCC(=O)Nc2cc(Cl)c(O)cc2F)c(C(C)(C)C)c1. The Hall–Kier alpha value is -2.27. The Balaban J connectivity index is 2.10. The highest BCUT2D eigenvalue weighted by atomic mass is 35.5. The maximum atomic E-state index is 13.7. The third-order valence-corrected chi connectivity index (χ3v) is 3.92. The third kappa shape index (κ3) is 4.86. The van der Waals surface area contributed by atoms with Crippen molar-refractivity contribution in [3.05, 3.63) is 52.3 Å². The zero-order chi connectivity index (χ0) is 18.8. The molecule has 0 bridgehead atoms. The number of phenolic OH excluding ortho intramolecular Hbond substituents is 1. The second kappa shape index (κ2) is 7.31. The Bertz CT molecular complexity index is 800. The van der Waals surface area contributed by atoms with Gasteiger partial charge in [0.05, 0.1) is 10.7 Å². The van der Waals surface area contributed by atoms with Gasteiger partial charge in [-0.05, 0) is 30.0 Å². The van der Waals surface area contributed by atoms with Crippen LogP contribution in [0.15, 0.2) is 30.3 Å². The average Bonchev–Trinajstić information content (AvgIpc) is 2.50. The van der Waals surface area contributed by atoms with Crippen LogP contribution in [0.5, 0.6) is 11.5 Å². The maximum absolute atomic E-state index is 13.7. The van der Waals surface area contributed by atoms with E-state index in [-0.39, 0.29) is 28.5 Å². The molecule has 2 rings (SSSR count). The van der Waals surface area contributed by atoms with E-state index in [9.17, 15) is 14.3 Å². The van der Waals surface area contributed by atoms with Crippen LogP contribution in [0.25, 0.3) is 0 Å². The summed E-state index contributed by atoms with van der Waals surface area (Å²) in [5, 5.41) is 11.7. The van der Waals surface area contributed by atoms with Gasteiger partial charge in [0.2, 0.25) is 0 Å².